The summed E-state index contributed by atoms with van der Waals surface area (Å²) in [5, 5.41) is 3.37. The Balaban J connectivity index is 1.98. The molecular formula is C26H34ClN3O6S. The van der Waals surface area contributed by atoms with Crippen molar-refractivity contribution in [2.24, 2.45) is 0 Å². The zero-order valence-corrected chi connectivity index (χ0v) is 23.4. The number of hydrogen-bond acceptors (Lipinski definition) is 6. The zero-order valence-electron chi connectivity index (χ0n) is 21.8. The number of nitrogens with zero attached hydrogens (tertiary/aromatic N) is 2. The van der Waals surface area contributed by atoms with Gasteiger partial charge in [0.15, 0.2) is 11.5 Å². The summed E-state index contributed by atoms with van der Waals surface area (Å²) in [6, 6.07) is 10.9. The largest absolute Gasteiger partial charge is 0.486 e. The SMILES string of the molecule is CCC(C(=O)NC(C)(C)C)N(Cc1ccccc1Cl)C(=O)CN(c1ccc2c(c1)OCCO2)S(C)(=O)=O. The molecule has 0 radical (unpaired) electrons. The standard InChI is InChI=1S/C26H34ClN3O6S/c1-6-21(25(32)28-26(2,3)4)29(16-18-9-7-8-10-20(18)27)24(31)17-30(37(5,33)34)19-11-12-22-23(15-19)36-14-13-35-22/h7-12,15,21H,6,13-14,16-17H2,1-5H3,(H,28,32). The molecule has 11 heteroatoms. The molecule has 2 aromatic rings. The van der Waals surface area contributed by atoms with Crippen LogP contribution in [0.25, 0.3) is 0 Å². The van der Waals surface area contributed by atoms with Crippen LogP contribution in [0.1, 0.15) is 39.7 Å². The number of hydrogen-bond donors (Lipinski definition) is 1. The van der Waals surface area contributed by atoms with Crippen LogP contribution in [0.15, 0.2) is 42.5 Å². The van der Waals surface area contributed by atoms with Crippen molar-refractivity contribution in [2.75, 3.05) is 30.3 Å². The van der Waals surface area contributed by atoms with Crippen LogP contribution in [-0.4, -0.2) is 62.7 Å². The van der Waals surface area contributed by atoms with Gasteiger partial charge in [-0.1, -0.05) is 36.7 Å². The molecule has 0 aliphatic carbocycles. The lowest BCUT2D eigenvalue weighted by Crippen LogP contribution is -2.55. The quantitative estimate of drug-likeness (QED) is 0.510. The first-order valence-electron chi connectivity index (χ1n) is 12.0. The van der Waals surface area contributed by atoms with Crippen molar-refractivity contribution < 1.29 is 27.5 Å². The summed E-state index contributed by atoms with van der Waals surface area (Å²) in [5.41, 5.74) is 0.378. The molecule has 0 aromatic heterocycles. The smallest absolute Gasteiger partial charge is 0.244 e. The van der Waals surface area contributed by atoms with Gasteiger partial charge in [0.2, 0.25) is 21.8 Å². The highest BCUT2D eigenvalue weighted by atomic mass is 35.5. The maximum atomic E-state index is 13.8. The normalized spacial score (nSPS) is 14.0. The molecular weight excluding hydrogens is 518 g/mol. The van der Waals surface area contributed by atoms with E-state index in [-0.39, 0.29) is 18.1 Å². The van der Waals surface area contributed by atoms with Crippen LogP contribution >= 0.6 is 11.6 Å². The third-order valence-electron chi connectivity index (χ3n) is 5.68. The van der Waals surface area contributed by atoms with Crippen LogP contribution in [0.5, 0.6) is 11.5 Å². The van der Waals surface area contributed by atoms with Gasteiger partial charge in [-0.15, -0.1) is 0 Å². The number of ether oxygens (including phenoxy) is 2. The van der Waals surface area contributed by atoms with Gasteiger partial charge in [-0.3, -0.25) is 13.9 Å². The van der Waals surface area contributed by atoms with E-state index in [0.29, 0.717) is 41.7 Å². The number of nitrogens with one attached hydrogen (secondary N) is 1. The summed E-state index contributed by atoms with van der Waals surface area (Å²) in [5.74, 6) is 0.0190. The molecule has 9 nitrogen and oxygen atoms in total. The fraction of sp³-hybridized carbons (Fsp3) is 0.462. The molecule has 3 rings (SSSR count). The summed E-state index contributed by atoms with van der Waals surface area (Å²) >= 11 is 6.38. The van der Waals surface area contributed by atoms with Gasteiger partial charge in [-0.05, 0) is 51.0 Å². The summed E-state index contributed by atoms with van der Waals surface area (Å²) in [6.07, 6.45) is 1.35. The topological polar surface area (TPSA) is 105 Å². The number of rotatable bonds is 9. The Morgan fingerprint density at radius 3 is 2.32 bits per heavy atom. The van der Waals surface area contributed by atoms with Crippen molar-refractivity contribution >= 4 is 39.1 Å². The maximum absolute atomic E-state index is 13.8. The minimum Gasteiger partial charge on any atom is -0.486 e. The molecule has 37 heavy (non-hydrogen) atoms. The first kappa shape index (κ1) is 28.6. The second-order valence-corrected chi connectivity index (χ2v) is 12.2. The van der Waals surface area contributed by atoms with E-state index in [2.05, 4.69) is 5.32 Å². The van der Waals surface area contributed by atoms with Gasteiger partial charge in [-0.2, -0.15) is 0 Å². The highest BCUT2D eigenvalue weighted by molar-refractivity contribution is 7.92. The van der Waals surface area contributed by atoms with Crippen molar-refractivity contribution in [3.05, 3.63) is 53.1 Å². The Morgan fingerprint density at radius 1 is 1.08 bits per heavy atom. The number of halogens is 1. The minimum atomic E-state index is -3.87. The Morgan fingerprint density at radius 2 is 1.73 bits per heavy atom. The number of anilines is 1. The van der Waals surface area contributed by atoms with Crippen LogP contribution < -0.4 is 19.1 Å². The molecule has 1 unspecified atom stereocenters. The highest BCUT2D eigenvalue weighted by Gasteiger charge is 2.33. The predicted octanol–water partition coefficient (Wildman–Crippen LogP) is 3.60. The van der Waals surface area contributed by atoms with E-state index in [9.17, 15) is 18.0 Å². The molecule has 1 N–H and O–H groups in total. The Kier molecular flexibility index (Phi) is 8.96. The molecule has 1 aliphatic rings. The van der Waals surface area contributed by atoms with E-state index < -0.39 is 34.1 Å². The van der Waals surface area contributed by atoms with Crippen LogP contribution in [0.4, 0.5) is 5.69 Å². The average Bonchev–Trinajstić information content (AvgIpc) is 2.81. The highest BCUT2D eigenvalue weighted by Crippen LogP contribution is 2.35. The monoisotopic (exact) mass is 551 g/mol. The second kappa shape index (κ2) is 11.6. The molecule has 0 spiro atoms. The van der Waals surface area contributed by atoms with Crippen molar-refractivity contribution in [3.8, 4) is 11.5 Å². The lowest BCUT2D eigenvalue weighted by Gasteiger charge is -2.34. The summed E-state index contributed by atoms with van der Waals surface area (Å²) in [4.78, 5) is 28.4. The Hall–Kier alpha value is -2.98. The number of carbonyl (C=O) groups excluding carboxylic acids is 2. The Labute approximate surface area is 223 Å². The van der Waals surface area contributed by atoms with Crippen molar-refractivity contribution in [2.45, 2.75) is 52.2 Å². The third-order valence-corrected chi connectivity index (χ3v) is 7.18. The number of benzene rings is 2. The number of sulfonamides is 1. The van der Waals surface area contributed by atoms with Gasteiger partial charge >= 0.3 is 0 Å². The Bertz CT molecular complexity index is 1250. The fourth-order valence-electron chi connectivity index (χ4n) is 3.98. The van der Waals surface area contributed by atoms with Gasteiger partial charge in [0.25, 0.3) is 0 Å². The van der Waals surface area contributed by atoms with Crippen molar-refractivity contribution in [3.63, 3.8) is 0 Å². The maximum Gasteiger partial charge on any atom is 0.244 e. The molecule has 0 bridgehead atoms. The lowest BCUT2D eigenvalue weighted by molar-refractivity contribution is -0.141. The fourth-order valence-corrected chi connectivity index (χ4v) is 5.02. The van der Waals surface area contributed by atoms with Gasteiger partial charge in [0.05, 0.1) is 11.9 Å². The number of carbonyl (C=O) groups is 2. The molecule has 202 valence electrons. The van der Waals surface area contributed by atoms with Crippen LogP contribution in [0.2, 0.25) is 5.02 Å². The first-order chi connectivity index (χ1) is 17.3. The molecule has 0 fully saturated rings. The van der Waals surface area contributed by atoms with E-state index in [0.717, 1.165) is 10.6 Å². The van der Waals surface area contributed by atoms with Gasteiger partial charge in [0.1, 0.15) is 25.8 Å². The predicted molar refractivity (Wildman–Crippen MR) is 144 cm³/mol. The zero-order chi connectivity index (χ0) is 27.4. The lowest BCUT2D eigenvalue weighted by atomic mass is 10.1. The van der Waals surface area contributed by atoms with E-state index >= 15 is 0 Å². The van der Waals surface area contributed by atoms with E-state index in [1.54, 1.807) is 43.3 Å². The van der Waals surface area contributed by atoms with Crippen LogP contribution in [-0.2, 0) is 26.2 Å². The summed E-state index contributed by atoms with van der Waals surface area (Å²) in [7, 11) is -3.87. The van der Waals surface area contributed by atoms with E-state index in [1.165, 1.54) is 11.0 Å². The first-order valence-corrected chi connectivity index (χ1v) is 14.2. The van der Waals surface area contributed by atoms with E-state index in [1.807, 2.05) is 20.8 Å². The molecule has 2 aromatic carbocycles. The summed E-state index contributed by atoms with van der Waals surface area (Å²) in [6.45, 7) is 7.61. The van der Waals surface area contributed by atoms with Crippen molar-refractivity contribution in [1.29, 1.82) is 0 Å². The number of amides is 2. The van der Waals surface area contributed by atoms with Crippen LogP contribution in [0, 0.1) is 0 Å². The molecule has 0 saturated carbocycles. The van der Waals surface area contributed by atoms with Gasteiger partial charge in [0, 0.05) is 23.2 Å². The van der Waals surface area contributed by atoms with E-state index in [4.69, 9.17) is 21.1 Å². The molecule has 1 atom stereocenters. The molecule has 1 heterocycles. The number of fused-ring (bicyclic) bond motifs is 1. The molecule has 0 saturated heterocycles. The second-order valence-electron chi connectivity index (χ2n) is 9.87. The average molecular weight is 552 g/mol. The van der Waals surface area contributed by atoms with Crippen LogP contribution in [0.3, 0.4) is 0 Å². The minimum absolute atomic E-state index is 0.0350. The molecule has 1 aliphatic heterocycles. The third kappa shape index (κ3) is 7.52. The molecule has 2 amide bonds. The van der Waals surface area contributed by atoms with Gasteiger partial charge < -0.3 is 19.7 Å². The van der Waals surface area contributed by atoms with Crippen molar-refractivity contribution in [1.82, 2.24) is 10.2 Å². The van der Waals surface area contributed by atoms with Gasteiger partial charge in [-0.25, -0.2) is 8.42 Å². The summed E-state index contributed by atoms with van der Waals surface area (Å²) < 4.78 is 37.8.